The molecule has 0 atom stereocenters. The van der Waals surface area contributed by atoms with Gasteiger partial charge < -0.3 is 25.2 Å². The fourth-order valence-corrected chi connectivity index (χ4v) is 4.68. The van der Waals surface area contributed by atoms with Crippen LogP contribution in [0.25, 0.3) is 0 Å². The first-order valence-corrected chi connectivity index (χ1v) is 13.1. The lowest BCUT2D eigenvalue weighted by atomic mass is 10.3. The monoisotopic (exact) mass is 512 g/mol. The zero-order valence-electron chi connectivity index (χ0n) is 21.5. The van der Waals surface area contributed by atoms with Gasteiger partial charge in [-0.05, 0) is 45.3 Å². The molecule has 2 aliphatic heterocycles. The average Bonchev–Trinajstić information content (AvgIpc) is 3.33. The Morgan fingerprint density at radius 2 is 1.11 bits per heavy atom. The van der Waals surface area contributed by atoms with Gasteiger partial charge in [-0.1, -0.05) is 0 Å². The number of amides is 1. The Balaban J connectivity index is 1.90. The first-order chi connectivity index (χ1) is 17.4. The lowest BCUT2D eigenvalue weighted by Crippen LogP contribution is -2.49. The molecule has 0 aromatic rings. The summed E-state index contributed by atoms with van der Waals surface area (Å²) in [6, 6.07) is 0. The van der Waals surface area contributed by atoms with Crippen molar-refractivity contribution in [1.29, 1.82) is 0 Å². The van der Waals surface area contributed by atoms with Crippen LogP contribution < -0.4 is 5.32 Å². The van der Waals surface area contributed by atoms with Gasteiger partial charge in [0.15, 0.2) is 0 Å². The van der Waals surface area contributed by atoms with Gasteiger partial charge >= 0.3 is 11.9 Å². The summed E-state index contributed by atoms with van der Waals surface area (Å²) >= 11 is 0. The van der Waals surface area contributed by atoms with Crippen LogP contribution in [0.15, 0.2) is 0 Å². The minimum absolute atomic E-state index is 0.0741. The minimum Gasteiger partial charge on any atom is -0.480 e. The van der Waals surface area contributed by atoms with Crippen molar-refractivity contribution in [2.75, 3.05) is 105 Å². The van der Waals surface area contributed by atoms with Gasteiger partial charge in [0.1, 0.15) is 6.29 Å². The topological polar surface area (TPSA) is 137 Å². The summed E-state index contributed by atoms with van der Waals surface area (Å²) in [5.41, 5.74) is 0. The Bertz CT molecular complexity index is 658. The van der Waals surface area contributed by atoms with Gasteiger partial charge in [0.25, 0.3) is 0 Å². The van der Waals surface area contributed by atoms with E-state index in [0.717, 1.165) is 25.7 Å². The second-order valence-corrected chi connectivity index (χ2v) is 9.69. The summed E-state index contributed by atoms with van der Waals surface area (Å²) in [5, 5.41) is 21.6. The number of hydrogen-bond donors (Lipinski definition) is 3. The molecule has 0 aromatic carbocycles. The number of carboxylic acid groups (broad SMARTS) is 2. The smallest absolute Gasteiger partial charge is 0.317 e. The average molecular weight is 513 g/mol. The Hall–Kier alpha value is -2.12. The highest BCUT2D eigenvalue weighted by Crippen LogP contribution is 2.08. The van der Waals surface area contributed by atoms with Gasteiger partial charge in [0.05, 0.1) is 26.2 Å². The molecular weight excluding hydrogens is 468 g/mol. The molecule has 2 heterocycles. The molecule has 206 valence electrons. The number of carboxylic acids is 2. The van der Waals surface area contributed by atoms with Gasteiger partial charge in [0, 0.05) is 58.9 Å². The molecule has 0 saturated carbocycles. The number of carbonyl (C=O) groups excluding carboxylic acids is 2. The van der Waals surface area contributed by atoms with Crippen LogP contribution in [0.1, 0.15) is 25.7 Å². The van der Waals surface area contributed by atoms with Crippen molar-refractivity contribution in [3.8, 4) is 0 Å². The van der Waals surface area contributed by atoms with Crippen molar-refractivity contribution in [2.45, 2.75) is 25.7 Å². The van der Waals surface area contributed by atoms with E-state index < -0.39 is 11.9 Å². The Kier molecular flexibility index (Phi) is 14.5. The fraction of sp³-hybridized carbons (Fsp3) is 0.833. The predicted octanol–water partition coefficient (Wildman–Crippen LogP) is -1.43. The molecule has 1 amide bonds. The summed E-state index contributed by atoms with van der Waals surface area (Å²) in [5.74, 6) is -1.92. The van der Waals surface area contributed by atoms with Gasteiger partial charge in [-0.3, -0.25) is 34.0 Å². The van der Waals surface area contributed by atoms with Crippen molar-refractivity contribution in [2.24, 2.45) is 0 Å². The maximum atomic E-state index is 12.6. The van der Waals surface area contributed by atoms with Gasteiger partial charge in [0.2, 0.25) is 5.91 Å². The maximum absolute atomic E-state index is 12.6. The quantitative estimate of drug-likeness (QED) is 0.198. The van der Waals surface area contributed by atoms with Crippen molar-refractivity contribution < 1.29 is 29.4 Å². The van der Waals surface area contributed by atoms with E-state index in [-0.39, 0.29) is 32.1 Å². The third-order valence-electron chi connectivity index (χ3n) is 6.77. The highest BCUT2D eigenvalue weighted by atomic mass is 16.4. The summed E-state index contributed by atoms with van der Waals surface area (Å²) in [6.07, 6.45) is 5.34. The van der Waals surface area contributed by atoms with E-state index in [2.05, 4.69) is 10.2 Å². The van der Waals surface area contributed by atoms with Crippen molar-refractivity contribution in [3.05, 3.63) is 0 Å². The molecule has 36 heavy (non-hydrogen) atoms. The molecule has 0 radical (unpaired) electrons. The van der Waals surface area contributed by atoms with Crippen LogP contribution in [0.5, 0.6) is 0 Å². The van der Waals surface area contributed by atoms with Crippen LogP contribution >= 0.6 is 0 Å². The third kappa shape index (κ3) is 13.3. The number of nitrogens with zero attached hydrogens (tertiary/aromatic N) is 5. The Morgan fingerprint density at radius 1 is 0.639 bits per heavy atom. The largest absolute Gasteiger partial charge is 0.480 e. The highest BCUT2D eigenvalue weighted by Gasteiger charge is 2.20. The summed E-state index contributed by atoms with van der Waals surface area (Å²) in [4.78, 5) is 56.4. The molecule has 2 rings (SSSR count). The number of nitrogens with one attached hydrogen (secondary N) is 1. The molecule has 3 N–H and O–H groups in total. The molecule has 0 aromatic heterocycles. The molecule has 2 fully saturated rings. The molecule has 12 heteroatoms. The van der Waals surface area contributed by atoms with Crippen LogP contribution in [0.4, 0.5) is 0 Å². The number of hydrogen-bond acceptors (Lipinski definition) is 9. The van der Waals surface area contributed by atoms with Crippen LogP contribution in [-0.4, -0.2) is 164 Å². The molecule has 0 aliphatic carbocycles. The van der Waals surface area contributed by atoms with Crippen LogP contribution in [-0.2, 0) is 19.2 Å². The molecule has 12 nitrogen and oxygen atoms in total. The number of aliphatic carboxylic acids is 2. The predicted molar refractivity (Wildman–Crippen MR) is 135 cm³/mol. The zero-order valence-corrected chi connectivity index (χ0v) is 21.5. The first-order valence-electron chi connectivity index (χ1n) is 13.1. The van der Waals surface area contributed by atoms with E-state index in [1.165, 1.54) is 25.9 Å². The van der Waals surface area contributed by atoms with Crippen molar-refractivity contribution in [3.63, 3.8) is 0 Å². The molecule has 2 aliphatic rings. The standard InChI is InChI=1S/C24H44N6O6/c31-18-17-27-9-11-29(20-23(33)34)15-13-28(14-16-30(12-10-27)21-24(35)36)19-22(32)25-5-1-2-6-26-7-3-4-8-26/h18H,1-17,19-21H2,(H,25,32)(H,33,34)(H,35,36). The second-order valence-electron chi connectivity index (χ2n) is 9.69. The fourth-order valence-electron chi connectivity index (χ4n) is 4.68. The second kappa shape index (κ2) is 17.4. The summed E-state index contributed by atoms with van der Waals surface area (Å²) in [7, 11) is 0. The molecule has 0 unspecified atom stereocenters. The van der Waals surface area contributed by atoms with Crippen molar-refractivity contribution in [1.82, 2.24) is 29.8 Å². The Morgan fingerprint density at radius 3 is 1.58 bits per heavy atom. The normalized spacial score (nSPS) is 20.4. The lowest BCUT2D eigenvalue weighted by molar-refractivity contribution is -0.139. The molecule has 2 saturated heterocycles. The zero-order chi connectivity index (χ0) is 26.2. The van der Waals surface area contributed by atoms with E-state index in [4.69, 9.17) is 0 Å². The van der Waals surface area contributed by atoms with Gasteiger partial charge in [-0.25, -0.2) is 0 Å². The van der Waals surface area contributed by atoms with E-state index in [9.17, 15) is 29.4 Å². The van der Waals surface area contributed by atoms with E-state index in [1.807, 2.05) is 19.6 Å². The number of likely N-dealkylation sites (tertiary alicyclic amines) is 1. The van der Waals surface area contributed by atoms with Crippen LogP contribution in [0, 0.1) is 0 Å². The summed E-state index contributed by atoms with van der Waals surface area (Å²) < 4.78 is 0. The minimum atomic E-state index is -0.921. The number of aldehydes is 1. The number of rotatable bonds is 13. The summed E-state index contributed by atoms with van der Waals surface area (Å²) in [6.45, 7) is 8.07. The van der Waals surface area contributed by atoms with Crippen LogP contribution in [0.3, 0.4) is 0 Å². The van der Waals surface area contributed by atoms with Crippen molar-refractivity contribution >= 4 is 24.1 Å². The SMILES string of the molecule is O=CCN1CCN(CC(=O)O)CCN(CC(=O)NCCCCN2CCCC2)CCN(CC(=O)O)CC1. The first kappa shape index (κ1) is 30.1. The highest BCUT2D eigenvalue weighted by molar-refractivity contribution is 5.78. The maximum Gasteiger partial charge on any atom is 0.317 e. The third-order valence-corrected chi connectivity index (χ3v) is 6.77. The Labute approximate surface area is 214 Å². The molecular formula is C24H44N6O6. The lowest BCUT2D eigenvalue weighted by Gasteiger charge is -2.32. The number of carbonyl (C=O) groups is 4. The van der Waals surface area contributed by atoms with Gasteiger partial charge in [-0.15, -0.1) is 0 Å². The van der Waals surface area contributed by atoms with E-state index in [0.29, 0.717) is 58.9 Å². The number of unbranched alkanes of at least 4 members (excludes halogenated alkanes) is 1. The molecule has 0 spiro atoms. The molecule has 0 bridgehead atoms. The van der Waals surface area contributed by atoms with Crippen LogP contribution in [0.2, 0.25) is 0 Å². The van der Waals surface area contributed by atoms with E-state index in [1.54, 1.807) is 0 Å². The van der Waals surface area contributed by atoms with Gasteiger partial charge in [-0.2, -0.15) is 0 Å². The van der Waals surface area contributed by atoms with E-state index >= 15 is 0 Å².